The number of para-hydroxylation sites is 1. The number of pyridine rings is 1. The van der Waals surface area contributed by atoms with Gasteiger partial charge in [0.25, 0.3) is 0 Å². The SMILES string of the molecule is O=S(=O)(Oc1cccc2cccnc12)c1c(Cl)cc(Cl)cc1Cl. The van der Waals surface area contributed by atoms with Crippen molar-refractivity contribution < 1.29 is 12.6 Å². The second-order valence-electron chi connectivity index (χ2n) is 4.57. The number of hydrogen-bond donors (Lipinski definition) is 0. The molecule has 1 aromatic heterocycles. The zero-order valence-electron chi connectivity index (χ0n) is 11.3. The predicted molar refractivity (Wildman–Crippen MR) is 91.0 cm³/mol. The molecule has 0 aliphatic carbocycles. The van der Waals surface area contributed by atoms with Crippen molar-refractivity contribution in [3.8, 4) is 5.75 Å². The van der Waals surface area contributed by atoms with Crippen LogP contribution in [0.4, 0.5) is 0 Å². The molecule has 0 unspecified atom stereocenters. The lowest BCUT2D eigenvalue weighted by Crippen LogP contribution is -2.11. The summed E-state index contributed by atoms with van der Waals surface area (Å²) >= 11 is 17.7. The molecule has 0 N–H and O–H groups in total. The van der Waals surface area contributed by atoms with Crippen molar-refractivity contribution in [3.63, 3.8) is 0 Å². The van der Waals surface area contributed by atoms with Crippen molar-refractivity contribution in [3.05, 3.63) is 63.7 Å². The summed E-state index contributed by atoms with van der Waals surface area (Å²) in [5.41, 5.74) is 0.416. The number of rotatable bonds is 3. The van der Waals surface area contributed by atoms with Crippen LogP contribution in [0.3, 0.4) is 0 Å². The lowest BCUT2D eigenvalue weighted by atomic mass is 10.2. The fourth-order valence-electron chi connectivity index (χ4n) is 2.07. The highest BCUT2D eigenvalue weighted by Gasteiger charge is 2.25. The third-order valence-electron chi connectivity index (χ3n) is 3.01. The first kappa shape index (κ1) is 16.3. The van der Waals surface area contributed by atoms with Gasteiger partial charge in [-0.05, 0) is 24.3 Å². The van der Waals surface area contributed by atoms with Crippen LogP contribution in [0.25, 0.3) is 10.9 Å². The molecule has 3 rings (SSSR count). The molecule has 0 saturated carbocycles. The number of benzene rings is 2. The molecule has 0 fully saturated rings. The number of hydrogen-bond acceptors (Lipinski definition) is 4. The van der Waals surface area contributed by atoms with Gasteiger partial charge in [0.2, 0.25) is 0 Å². The van der Waals surface area contributed by atoms with E-state index in [9.17, 15) is 8.42 Å². The molecule has 0 atom stereocenters. The van der Waals surface area contributed by atoms with Crippen LogP contribution >= 0.6 is 34.8 Å². The van der Waals surface area contributed by atoms with Crippen LogP contribution in [0.5, 0.6) is 5.75 Å². The van der Waals surface area contributed by atoms with E-state index < -0.39 is 10.1 Å². The molecule has 0 radical (unpaired) electrons. The van der Waals surface area contributed by atoms with E-state index in [-0.39, 0.29) is 25.7 Å². The average molecular weight is 389 g/mol. The zero-order chi connectivity index (χ0) is 16.6. The van der Waals surface area contributed by atoms with Gasteiger partial charge >= 0.3 is 10.1 Å². The molecule has 0 bridgehead atoms. The van der Waals surface area contributed by atoms with Gasteiger partial charge in [-0.15, -0.1) is 0 Å². The second-order valence-corrected chi connectivity index (χ2v) is 7.30. The Labute approximate surface area is 147 Å². The van der Waals surface area contributed by atoms with E-state index in [1.165, 1.54) is 18.2 Å². The first-order chi connectivity index (χ1) is 10.9. The third-order valence-corrected chi connectivity index (χ3v) is 5.39. The summed E-state index contributed by atoms with van der Waals surface area (Å²) in [6, 6.07) is 11.1. The van der Waals surface area contributed by atoms with Gasteiger partial charge in [-0.25, -0.2) is 0 Å². The normalized spacial score (nSPS) is 11.6. The van der Waals surface area contributed by atoms with Crippen LogP contribution in [0.15, 0.2) is 53.6 Å². The Hall–Kier alpha value is -1.53. The molecule has 0 aliphatic heterocycles. The average Bonchev–Trinajstić information content (AvgIpc) is 2.45. The Morgan fingerprint density at radius 3 is 2.30 bits per heavy atom. The minimum absolute atomic E-state index is 0.0881. The third kappa shape index (κ3) is 3.23. The predicted octanol–water partition coefficient (Wildman–Crippen LogP) is 4.96. The fraction of sp³-hybridized carbons (Fsp3) is 0. The van der Waals surface area contributed by atoms with Crippen LogP contribution < -0.4 is 4.18 Å². The van der Waals surface area contributed by atoms with Crippen molar-refractivity contribution in [1.82, 2.24) is 4.98 Å². The first-order valence-electron chi connectivity index (χ1n) is 6.31. The van der Waals surface area contributed by atoms with Crippen LogP contribution in [-0.2, 0) is 10.1 Å². The van der Waals surface area contributed by atoms with Gasteiger partial charge in [0.1, 0.15) is 10.4 Å². The highest BCUT2D eigenvalue weighted by Crippen LogP contribution is 2.35. The molecule has 0 aliphatic rings. The molecule has 118 valence electrons. The van der Waals surface area contributed by atoms with Gasteiger partial charge in [-0.1, -0.05) is 53.0 Å². The Bertz CT molecular complexity index is 978. The number of nitrogens with zero attached hydrogens (tertiary/aromatic N) is 1. The zero-order valence-corrected chi connectivity index (χ0v) is 14.4. The number of aromatic nitrogens is 1. The second kappa shape index (κ2) is 6.17. The van der Waals surface area contributed by atoms with Gasteiger partial charge in [0, 0.05) is 16.6 Å². The molecule has 3 aromatic rings. The Morgan fingerprint density at radius 1 is 0.957 bits per heavy atom. The molecular weight excluding hydrogens is 381 g/mol. The molecule has 23 heavy (non-hydrogen) atoms. The van der Waals surface area contributed by atoms with Crippen LogP contribution in [-0.4, -0.2) is 13.4 Å². The van der Waals surface area contributed by atoms with Crippen molar-refractivity contribution in [2.75, 3.05) is 0 Å². The van der Waals surface area contributed by atoms with Crippen LogP contribution in [0.2, 0.25) is 15.1 Å². The summed E-state index contributed by atoms with van der Waals surface area (Å²) in [4.78, 5) is 3.81. The summed E-state index contributed by atoms with van der Waals surface area (Å²) in [5.74, 6) is 0.0881. The van der Waals surface area contributed by atoms with Crippen molar-refractivity contribution >= 4 is 55.8 Å². The van der Waals surface area contributed by atoms with E-state index in [0.717, 1.165) is 5.39 Å². The van der Waals surface area contributed by atoms with Gasteiger partial charge in [0.15, 0.2) is 5.75 Å². The summed E-state index contributed by atoms with van der Waals surface area (Å²) in [7, 11) is -4.25. The van der Waals surface area contributed by atoms with E-state index in [2.05, 4.69) is 4.98 Å². The van der Waals surface area contributed by atoms with Crippen molar-refractivity contribution in [1.29, 1.82) is 0 Å². The van der Waals surface area contributed by atoms with Gasteiger partial charge < -0.3 is 4.18 Å². The summed E-state index contributed by atoms with van der Waals surface area (Å²) < 4.78 is 30.3. The summed E-state index contributed by atoms with van der Waals surface area (Å²) in [6.07, 6.45) is 1.55. The highest BCUT2D eigenvalue weighted by atomic mass is 35.5. The molecule has 8 heteroatoms. The lowest BCUT2D eigenvalue weighted by Gasteiger charge is -2.11. The van der Waals surface area contributed by atoms with Crippen molar-refractivity contribution in [2.45, 2.75) is 4.90 Å². The van der Waals surface area contributed by atoms with Crippen LogP contribution in [0.1, 0.15) is 0 Å². The van der Waals surface area contributed by atoms with E-state index >= 15 is 0 Å². The lowest BCUT2D eigenvalue weighted by molar-refractivity contribution is 0.488. The molecule has 4 nitrogen and oxygen atoms in total. The van der Waals surface area contributed by atoms with Gasteiger partial charge in [0.05, 0.1) is 10.0 Å². The Balaban J connectivity index is 2.12. The molecule has 0 amide bonds. The highest BCUT2D eigenvalue weighted by molar-refractivity contribution is 7.87. The monoisotopic (exact) mass is 387 g/mol. The van der Waals surface area contributed by atoms with E-state index in [1.807, 2.05) is 0 Å². The minimum Gasteiger partial charge on any atom is -0.377 e. The quantitative estimate of drug-likeness (QED) is 0.595. The summed E-state index contributed by atoms with van der Waals surface area (Å²) in [6.45, 7) is 0. The van der Waals surface area contributed by atoms with E-state index in [1.54, 1.807) is 30.5 Å². The van der Waals surface area contributed by atoms with Gasteiger partial charge in [-0.3, -0.25) is 4.98 Å². The Morgan fingerprint density at radius 2 is 1.61 bits per heavy atom. The topological polar surface area (TPSA) is 56.3 Å². The van der Waals surface area contributed by atoms with Crippen LogP contribution in [0, 0.1) is 0 Å². The smallest absolute Gasteiger partial charge is 0.342 e. The molecular formula is C15H8Cl3NO3S. The van der Waals surface area contributed by atoms with E-state index in [0.29, 0.717) is 5.52 Å². The first-order valence-corrected chi connectivity index (χ1v) is 8.85. The fourth-order valence-corrected chi connectivity index (χ4v) is 4.50. The minimum atomic E-state index is -4.25. The standard InChI is InChI=1S/C15H8Cl3NO3S/c16-10-7-11(17)15(12(18)8-10)23(20,21)22-13-5-1-3-9-4-2-6-19-14(9)13/h1-8H. The van der Waals surface area contributed by atoms with Gasteiger partial charge in [-0.2, -0.15) is 8.42 Å². The molecule has 1 heterocycles. The maximum absolute atomic E-state index is 12.5. The van der Waals surface area contributed by atoms with E-state index in [4.69, 9.17) is 39.0 Å². The molecule has 0 spiro atoms. The number of halogens is 3. The largest absolute Gasteiger partial charge is 0.377 e. The summed E-state index contributed by atoms with van der Waals surface area (Å²) in [5, 5.41) is 0.741. The number of fused-ring (bicyclic) bond motifs is 1. The molecule has 0 saturated heterocycles. The Kier molecular flexibility index (Phi) is 4.38. The molecule has 2 aromatic carbocycles. The maximum Gasteiger partial charge on any atom is 0.342 e. The van der Waals surface area contributed by atoms with Crippen molar-refractivity contribution in [2.24, 2.45) is 0 Å². The maximum atomic E-state index is 12.5.